The third-order valence-electron chi connectivity index (χ3n) is 3.98. The fraction of sp³-hybridized carbons (Fsp3) is 0.235. The molecule has 0 spiro atoms. The lowest BCUT2D eigenvalue weighted by molar-refractivity contribution is -0.117. The molecule has 1 heterocycles. The van der Waals surface area contributed by atoms with Crippen molar-refractivity contribution in [3.63, 3.8) is 0 Å². The normalized spacial score (nSPS) is 13.7. The van der Waals surface area contributed by atoms with E-state index in [1.807, 2.05) is 24.3 Å². The first kappa shape index (κ1) is 16.8. The van der Waals surface area contributed by atoms with E-state index in [0.717, 1.165) is 28.2 Å². The Morgan fingerprint density at radius 2 is 1.83 bits per heavy atom. The van der Waals surface area contributed by atoms with Crippen molar-refractivity contribution >= 4 is 38.9 Å². The Morgan fingerprint density at radius 3 is 2.50 bits per heavy atom. The molecule has 5 nitrogen and oxygen atoms in total. The molecule has 0 aliphatic carbocycles. The summed E-state index contributed by atoms with van der Waals surface area (Å²) in [6.45, 7) is 0.325. The summed E-state index contributed by atoms with van der Waals surface area (Å²) in [6.07, 6.45) is 1.87. The number of hydrogen-bond donors (Lipinski definition) is 0. The molecule has 1 aliphatic heterocycles. The van der Waals surface area contributed by atoms with Gasteiger partial charge in [0.25, 0.3) is 0 Å². The summed E-state index contributed by atoms with van der Waals surface area (Å²) in [5.41, 5.74) is 2.37. The number of hydrogen-bond acceptors (Lipinski definition) is 3. The van der Waals surface area contributed by atoms with Crippen molar-refractivity contribution in [2.75, 3.05) is 28.6 Å². The molecular weight excluding hydrogens is 348 g/mol. The lowest BCUT2D eigenvalue weighted by Crippen LogP contribution is -2.42. The first-order chi connectivity index (χ1) is 11.4. The van der Waals surface area contributed by atoms with Crippen LogP contribution in [0, 0.1) is 0 Å². The lowest BCUT2D eigenvalue weighted by atomic mass is 10.2. The van der Waals surface area contributed by atoms with Crippen molar-refractivity contribution in [3.8, 4) is 0 Å². The molecule has 0 unspecified atom stereocenters. The Labute approximate surface area is 146 Å². The second kappa shape index (κ2) is 6.45. The van der Waals surface area contributed by atoms with Crippen LogP contribution in [-0.4, -0.2) is 33.7 Å². The molecule has 0 saturated carbocycles. The molecule has 2 aromatic rings. The smallest absolute Gasteiger partial charge is 0.247 e. The summed E-state index contributed by atoms with van der Waals surface area (Å²) in [5.74, 6) is -0.250. The summed E-state index contributed by atoms with van der Waals surface area (Å²) in [5, 5.41) is 0.506. The molecule has 3 rings (SSSR count). The minimum Gasteiger partial charge on any atom is -0.310 e. The van der Waals surface area contributed by atoms with Gasteiger partial charge in [-0.1, -0.05) is 29.8 Å². The third-order valence-corrected chi connectivity index (χ3v) is 5.37. The number of amides is 1. The first-order valence-electron chi connectivity index (χ1n) is 7.48. The van der Waals surface area contributed by atoms with Crippen LogP contribution in [0.3, 0.4) is 0 Å². The van der Waals surface area contributed by atoms with E-state index in [0.29, 0.717) is 17.3 Å². The van der Waals surface area contributed by atoms with Gasteiger partial charge in [0.15, 0.2) is 0 Å². The van der Waals surface area contributed by atoms with E-state index in [9.17, 15) is 13.2 Å². The van der Waals surface area contributed by atoms with Gasteiger partial charge in [-0.25, -0.2) is 8.42 Å². The highest BCUT2D eigenvalue weighted by Crippen LogP contribution is 2.28. The topological polar surface area (TPSA) is 57.7 Å². The first-order valence-corrected chi connectivity index (χ1v) is 9.70. The number of benzene rings is 2. The molecule has 24 heavy (non-hydrogen) atoms. The summed E-state index contributed by atoms with van der Waals surface area (Å²) in [7, 11) is -3.59. The van der Waals surface area contributed by atoms with Gasteiger partial charge < -0.3 is 4.90 Å². The maximum atomic E-state index is 12.7. The van der Waals surface area contributed by atoms with Crippen LogP contribution >= 0.6 is 11.6 Å². The summed E-state index contributed by atoms with van der Waals surface area (Å²) >= 11 is 5.85. The zero-order valence-corrected chi connectivity index (χ0v) is 14.7. The van der Waals surface area contributed by atoms with Crippen LogP contribution in [0.25, 0.3) is 0 Å². The molecular formula is C17H17ClN2O3S. The van der Waals surface area contributed by atoms with Gasteiger partial charge in [-0.2, -0.15) is 0 Å². The third kappa shape index (κ3) is 3.39. The number of rotatable bonds is 4. The standard InChI is InChI=1S/C17H17ClN2O3S/c1-24(22,23)20(15-8-6-14(18)7-9-15)12-17(21)19-11-10-13-4-2-3-5-16(13)19/h2-9H,10-12H2,1H3. The van der Waals surface area contributed by atoms with Gasteiger partial charge in [0.2, 0.25) is 15.9 Å². The summed E-state index contributed by atoms with van der Waals surface area (Å²) in [4.78, 5) is 14.3. The molecule has 2 aromatic carbocycles. The minimum absolute atomic E-state index is 0.241. The zero-order chi connectivity index (χ0) is 17.3. The van der Waals surface area contributed by atoms with E-state index in [-0.39, 0.29) is 12.5 Å². The second-order valence-electron chi connectivity index (χ2n) is 5.67. The van der Waals surface area contributed by atoms with Crippen LogP contribution in [0.15, 0.2) is 48.5 Å². The fourth-order valence-electron chi connectivity index (χ4n) is 2.81. The fourth-order valence-corrected chi connectivity index (χ4v) is 3.79. The monoisotopic (exact) mass is 364 g/mol. The van der Waals surface area contributed by atoms with Crippen LogP contribution in [-0.2, 0) is 21.2 Å². The average Bonchev–Trinajstić information content (AvgIpc) is 2.96. The van der Waals surface area contributed by atoms with Crippen LogP contribution in [0.1, 0.15) is 5.56 Å². The largest absolute Gasteiger partial charge is 0.310 e. The molecule has 0 saturated heterocycles. The molecule has 0 bridgehead atoms. The summed E-state index contributed by atoms with van der Waals surface area (Å²) < 4.78 is 25.4. The molecule has 0 N–H and O–H groups in total. The number of carbonyl (C=O) groups is 1. The van der Waals surface area contributed by atoms with E-state index in [1.54, 1.807) is 29.2 Å². The highest BCUT2D eigenvalue weighted by atomic mass is 35.5. The van der Waals surface area contributed by atoms with E-state index in [1.165, 1.54) is 0 Å². The van der Waals surface area contributed by atoms with Crippen LogP contribution in [0.4, 0.5) is 11.4 Å². The van der Waals surface area contributed by atoms with Crippen molar-refractivity contribution in [1.29, 1.82) is 0 Å². The van der Waals surface area contributed by atoms with Gasteiger partial charge in [0.1, 0.15) is 6.54 Å². The lowest BCUT2D eigenvalue weighted by Gasteiger charge is -2.25. The SMILES string of the molecule is CS(=O)(=O)N(CC(=O)N1CCc2ccccc21)c1ccc(Cl)cc1. The van der Waals surface area contributed by atoms with Gasteiger partial charge in [-0.15, -0.1) is 0 Å². The molecule has 7 heteroatoms. The molecule has 1 aliphatic rings. The zero-order valence-electron chi connectivity index (χ0n) is 13.1. The number of carbonyl (C=O) groups excluding carboxylic acids is 1. The predicted molar refractivity (Wildman–Crippen MR) is 96.1 cm³/mol. The van der Waals surface area contributed by atoms with Crippen molar-refractivity contribution in [2.24, 2.45) is 0 Å². The number of fused-ring (bicyclic) bond motifs is 1. The Balaban J connectivity index is 1.86. The highest BCUT2D eigenvalue weighted by molar-refractivity contribution is 7.92. The number of sulfonamides is 1. The minimum atomic E-state index is -3.59. The molecule has 1 amide bonds. The van der Waals surface area contributed by atoms with Gasteiger partial charge in [-0.3, -0.25) is 9.10 Å². The van der Waals surface area contributed by atoms with Gasteiger partial charge in [0, 0.05) is 17.3 Å². The summed E-state index contributed by atoms with van der Waals surface area (Å²) in [6, 6.07) is 14.1. The molecule has 0 aromatic heterocycles. The van der Waals surface area contributed by atoms with Crippen molar-refractivity contribution in [1.82, 2.24) is 0 Å². The molecule has 0 atom stereocenters. The number of anilines is 2. The molecule has 126 valence electrons. The average molecular weight is 365 g/mol. The molecule has 0 radical (unpaired) electrons. The van der Waals surface area contributed by atoms with Gasteiger partial charge >= 0.3 is 0 Å². The molecule has 0 fully saturated rings. The Bertz CT molecular complexity index is 866. The number of para-hydroxylation sites is 1. The van der Waals surface area contributed by atoms with Crippen LogP contribution in [0.5, 0.6) is 0 Å². The van der Waals surface area contributed by atoms with E-state index in [2.05, 4.69) is 0 Å². The van der Waals surface area contributed by atoms with Crippen LogP contribution < -0.4 is 9.21 Å². The number of halogens is 1. The van der Waals surface area contributed by atoms with Crippen molar-refractivity contribution < 1.29 is 13.2 Å². The predicted octanol–water partition coefficient (Wildman–Crippen LogP) is 2.70. The second-order valence-corrected chi connectivity index (χ2v) is 8.01. The van der Waals surface area contributed by atoms with Gasteiger partial charge in [0.05, 0.1) is 11.9 Å². The highest BCUT2D eigenvalue weighted by Gasteiger charge is 2.28. The quantitative estimate of drug-likeness (QED) is 0.838. The Kier molecular flexibility index (Phi) is 4.51. The van der Waals surface area contributed by atoms with E-state index < -0.39 is 10.0 Å². The maximum Gasteiger partial charge on any atom is 0.247 e. The van der Waals surface area contributed by atoms with E-state index in [4.69, 9.17) is 11.6 Å². The van der Waals surface area contributed by atoms with Crippen molar-refractivity contribution in [2.45, 2.75) is 6.42 Å². The van der Waals surface area contributed by atoms with Crippen molar-refractivity contribution in [3.05, 3.63) is 59.1 Å². The van der Waals surface area contributed by atoms with E-state index >= 15 is 0 Å². The number of nitrogens with zero attached hydrogens (tertiary/aromatic N) is 2. The van der Waals surface area contributed by atoms with Crippen LogP contribution in [0.2, 0.25) is 5.02 Å². The maximum absolute atomic E-state index is 12.7. The Morgan fingerprint density at radius 1 is 1.17 bits per heavy atom. The van der Waals surface area contributed by atoms with Gasteiger partial charge in [-0.05, 0) is 42.3 Å². The Hall–Kier alpha value is -2.05.